The molecule has 0 saturated heterocycles. The number of rotatable bonds is 5. The third kappa shape index (κ3) is 3.50. The van der Waals surface area contributed by atoms with E-state index in [4.69, 9.17) is 0 Å². The number of aryl methyl sites for hydroxylation is 3. The lowest BCUT2D eigenvalue weighted by Crippen LogP contribution is -2.24. The van der Waals surface area contributed by atoms with Crippen LogP contribution in [0.15, 0.2) is 36.4 Å². The monoisotopic (exact) mass is 270 g/mol. The van der Waals surface area contributed by atoms with Gasteiger partial charge in [0.25, 0.3) is 0 Å². The highest BCUT2D eigenvalue weighted by Gasteiger charge is 2.06. The average Bonchev–Trinajstić information content (AvgIpc) is 2.75. The first-order chi connectivity index (χ1) is 9.58. The Bertz CT molecular complexity index is 579. The molecule has 0 radical (unpaired) electrons. The van der Waals surface area contributed by atoms with E-state index in [1.54, 1.807) is 0 Å². The minimum Gasteiger partial charge on any atom is -0.352 e. The molecule has 0 bridgehead atoms. The van der Waals surface area contributed by atoms with Crippen LogP contribution in [0, 0.1) is 20.8 Å². The van der Waals surface area contributed by atoms with Gasteiger partial charge in [0.05, 0.1) is 0 Å². The van der Waals surface area contributed by atoms with Crippen LogP contribution in [-0.4, -0.2) is 10.5 Å². The first kappa shape index (κ1) is 14.4. The summed E-state index contributed by atoms with van der Waals surface area (Å²) >= 11 is 0. The van der Waals surface area contributed by atoms with E-state index >= 15 is 0 Å². The number of hydrogen-bond acceptors (Lipinski definition) is 1. The Morgan fingerprint density at radius 1 is 1.05 bits per heavy atom. The number of carbonyl (C=O) groups is 1. The predicted molar refractivity (Wildman–Crippen MR) is 81.5 cm³/mol. The molecule has 1 aromatic heterocycles. The Labute approximate surface area is 120 Å². The molecule has 0 aliphatic rings. The van der Waals surface area contributed by atoms with Gasteiger partial charge in [0.15, 0.2) is 0 Å². The van der Waals surface area contributed by atoms with Gasteiger partial charge in [0, 0.05) is 30.9 Å². The van der Waals surface area contributed by atoms with E-state index in [1.807, 2.05) is 12.1 Å². The summed E-state index contributed by atoms with van der Waals surface area (Å²) in [5.74, 6) is 0.0979. The number of nitrogens with zero attached hydrogens (tertiary/aromatic N) is 1. The molecule has 0 unspecified atom stereocenters. The molecule has 1 aromatic carbocycles. The molecule has 0 aliphatic heterocycles. The number of carbonyl (C=O) groups excluding carboxylic acids is 1. The number of benzene rings is 1. The molecule has 20 heavy (non-hydrogen) atoms. The van der Waals surface area contributed by atoms with Crippen LogP contribution < -0.4 is 5.32 Å². The first-order valence-corrected chi connectivity index (χ1v) is 7.02. The molecule has 1 heterocycles. The summed E-state index contributed by atoms with van der Waals surface area (Å²) in [5, 5.41) is 2.99. The summed E-state index contributed by atoms with van der Waals surface area (Å²) in [6.07, 6.45) is 0.516. The third-order valence-electron chi connectivity index (χ3n) is 3.72. The molecule has 106 valence electrons. The maximum Gasteiger partial charge on any atom is 0.222 e. The minimum atomic E-state index is 0.0979. The van der Waals surface area contributed by atoms with Gasteiger partial charge < -0.3 is 9.88 Å². The van der Waals surface area contributed by atoms with Gasteiger partial charge in [-0.3, -0.25) is 4.79 Å². The van der Waals surface area contributed by atoms with Crippen LogP contribution >= 0.6 is 0 Å². The minimum absolute atomic E-state index is 0.0979. The van der Waals surface area contributed by atoms with Crippen molar-refractivity contribution in [2.24, 2.45) is 0 Å². The van der Waals surface area contributed by atoms with Crippen molar-refractivity contribution in [2.45, 2.75) is 40.3 Å². The van der Waals surface area contributed by atoms with Crippen molar-refractivity contribution in [3.8, 4) is 0 Å². The molecule has 0 saturated carbocycles. The van der Waals surface area contributed by atoms with Gasteiger partial charge in [-0.25, -0.2) is 0 Å². The van der Waals surface area contributed by atoms with Gasteiger partial charge in [-0.2, -0.15) is 0 Å². The molecule has 0 aliphatic carbocycles. The largest absolute Gasteiger partial charge is 0.352 e. The van der Waals surface area contributed by atoms with Crippen LogP contribution in [0.4, 0.5) is 0 Å². The standard InChI is InChI=1S/C17H22N2O/c1-13-6-4-5-7-16(13)12-18-17(20)10-11-19-14(2)8-9-15(19)3/h4-9H,10-12H2,1-3H3,(H,18,20). The Morgan fingerprint density at radius 2 is 1.70 bits per heavy atom. The van der Waals surface area contributed by atoms with E-state index < -0.39 is 0 Å². The van der Waals surface area contributed by atoms with Crippen molar-refractivity contribution >= 4 is 5.91 Å². The van der Waals surface area contributed by atoms with Crippen LogP contribution in [0.1, 0.15) is 28.9 Å². The average molecular weight is 270 g/mol. The topological polar surface area (TPSA) is 34.0 Å². The molecule has 2 aromatic rings. The number of aromatic nitrogens is 1. The lowest BCUT2D eigenvalue weighted by Gasteiger charge is -2.10. The quantitative estimate of drug-likeness (QED) is 0.890. The maximum absolute atomic E-state index is 11.9. The van der Waals surface area contributed by atoms with Gasteiger partial charge in [0.2, 0.25) is 5.91 Å². The fourth-order valence-corrected chi connectivity index (χ4v) is 2.36. The molecule has 0 spiro atoms. The van der Waals surface area contributed by atoms with Gasteiger partial charge in [-0.1, -0.05) is 24.3 Å². The molecule has 2 rings (SSSR count). The molecule has 3 nitrogen and oxygen atoms in total. The van der Waals surface area contributed by atoms with E-state index in [-0.39, 0.29) is 5.91 Å². The van der Waals surface area contributed by atoms with Gasteiger partial charge in [-0.15, -0.1) is 0 Å². The zero-order valence-electron chi connectivity index (χ0n) is 12.4. The van der Waals surface area contributed by atoms with Crippen LogP contribution in [0.5, 0.6) is 0 Å². The van der Waals surface area contributed by atoms with E-state index in [2.05, 4.69) is 54.9 Å². The van der Waals surface area contributed by atoms with Crippen LogP contribution in [-0.2, 0) is 17.9 Å². The highest BCUT2D eigenvalue weighted by molar-refractivity contribution is 5.75. The Morgan fingerprint density at radius 3 is 2.35 bits per heavy atom. The highest BCUT2D eigenvalue weighted by Crippen LogP contribution is 2.08. The maximum atomic E-state index is 11.9. The summed E-state index contributed by atoms with van der Waals surface area (Å²) in [7, 11) is 0. The van der Waals surface area contributed by atoms with Crippen molar-refractivity contribution in [3.05, 3.63) is 58.9 Å². The van der Waals surface area contributed by atoms with Gasteiger partial charge >= 0.3 is 0 Å². The molecule has 1 amide bonds. The van der Waals surface area contributed by atoms with E-state index in [0.29, 0.717) is 13.0 Å². The fourth-order valence-electron chi connectivity index (χ4n) is 2.36. The van der Waals surface area contributed by atoms with Crippen LogP contribution in [0.2, 0.25) is 0 Å². The fraction of sp³-hybridized carbons (Fsp3) is 0.353. The number of nitrogens with one attached hydrogen (secondary N) is 1. The lowest BCUT2D eigenvalue weighted by molar-refractivity contribution is -0.121. The first-order valence-electron chi connectivity index (χ1n) is 7.02. The Kier molecular flexibility index (Phi) is 4.61. The summed E-state index contributed by atoms with van der Waals surface area (Å²) in [5.41, 5.74) is 4.79. The number of amides is 1. The summed E-state index contributed by atoms with van der Waals surface area (Å²) in [6.45, 7) is 7.55. The van der Waals surface area contributed by atoms with Crippen molar-refractivity contribution in [1.82, 2.24) is 9.88 Å². The summed E-state index contributed by atoms with van der Waals surface area (Å²) in [6, 6.07) is 12.3. The zero-order valence-corrected chi connectivity index (χ0v) is 12.4. The highest BCUT2D eigenvalue weighted by atomic mass is 16.1. The molecule has 3 heteroatoms. The smallest absolute Gasteiger partial charge is 0.222 e. The van der Waals surface area contributed by atoms with E-state index in [9.17, 15) is 4.79 Å². The van der Waals surface area contributed by atoms with Crippen molar-refractivity contribution in [2.75, 3.05) is 0 Å². The summed E-state index contributed by atoms with van der Waals surface area (Å²) in [4.78, 5) is 11.9. The van der Waals surface area contributed by atoms with Crippen LogP contribution in [0.25, 0.3) is 0 Å². The second kappa shape index (κ2) is 6.42. The molecule has 0 fully saturated rings. The van der Waals surface area contributed by atoms with E-state index in [1.165, 1.54) is 22.5 Å². The van der Waals surface area contributed by atoms with E-state index in [0.717, 1.165) is 6.54 Å². The van der Waals surface area contributed by atoms with Gasteiger partial charge in [-0.05, 0) is 44.0 Å². The van der Waals surface area contributed by atoms with Crippen LogP contribution in [0.3, 0.4) is 0 Å². The second-order valence-corrected chi connectivity index (χ2v) is 5.22. The summed E-state index contributed by atoms with van der Waals surface area (Å²) < 4.78 is 2.17. The third-order valence-corrected chi connectivity index (χ3v) is 3.72. The van der Waals surface area contributed by atoms with Crippen molar-refractivity contribution < 1.29 is 4.79 Å². The zero-order chi connectivity index (χ0) is 14.5. The molecular formula is C17H22N2O. The SMILES string of the molecule is Cc1ccccc1CNC(=O)CCn1c(C)ccc1C. The Hall–Kier alpha value is -2.03. The lowest BCUT2D eigenvalue weighted by atomic mass is 10.1. The second-order valence-electron chi connectivity index (χ2n) is 5.22. The van der Waals surface area contributed by atoms with Crippen molar-refractivity contribution in [1.29, 1.82) is 0 Å². The van der Waals surface area contributed by atoms with Gasteiger partial charge in [0.1, 0.15) is 0 Å². The predicted octanol–water partition coefficient (Wildman–Crippen LogP) is 3.12. The number of hydrogen-bond donors (Lipinski definition) is 1. The Balaban J connectivity index is 1.83. The molecule has 1 N–H and O–H groups in total. The van der Waals surface area contributed by atoms with Crippen molar-refractivity contribution in [3.63, 3.8) is 0 Å². The molecular weight excluding hydrogens is 248 g/mol. The molecule has 0 atom stereocenters. The normalized spacial score (nSPS) is 10.6.